The third kappa shape index (κ3) is 5.88. The lowest BCUT2D eigenvalue weighted by Crippen LogP contribution is -2.32. The number of rotatable bonds is 7. The minimum absolute atomic E-state index is 0.00354. The number of aliphatic carboxylic acids is 1. The van der Waals surface area contributed by atoms with Gasteiger partial charge in [0, 0.05) is 25.8 Å². The molecule has 2 aliphatic rings. The molecule has 1 atom stereocenters. The summed E-state index contributed by atoms with van der Waals surface area (Å²) in [6.45, 7) is 5.73. The molecule has 6 nitrogen and oxygen atoms in total. The van der Waals surface area contributed by atoms with Crippen molar-refractivity contribution >= 4 is 11.9 Å². The van der Waals surface area contributed by atoms with Crippen molar-refractivity contribution in [2.75, 3.05) is 6.54 Å². The average molecular weight is 504 g/mol. The Morgan fingerprint density at radius 3 is 2.39 bits per heavy atom. The van der Waals surface area contributed by atoms with Gasteiger partial charge in [0.25, 0.3) is 5.91 Å². The number of carbonyl (C=O) groups is 2. The van der Waals surface area contributed by atoms with Gasteiger partial charge in [-0.05, 0) is 66.8 Å². The molecule has 1 saturated carbocycles. The first-order chi connectivity index (χ1) is 17.0. The number of hydrogen-bond acceptors (Lipinski definition) is 4. The minimum Gasteiger partial charge on any atom is -0.481 e. The largest absolute Gasteiger partial charge is 0.481 e. The van der Waals surface area contributed by atoms with Crippen LogP contribution < -0.4 is 5.32 Å². The Bertz CT molecular complexity index is 1090. The maximum atomic E-state index is 12.9. The van der Waals surface area contributed by atoms with E-state index in [0.717, 1.165) is 41.8 Å². The molecule has 0 bridgehead atoms. The second-order valence-corrected chi connectivity index (χ2v) is 10.3. The predicted molar refractivity (Wildman–Crippen MR) is 128 cm³/mol. The number of pyridine rings is 1. The summed E-state index contributed by atoms with van der Waals surface area (Å²) in [7, 11) is 0. The van der Waals surface area contributed by atoms with Crippen LogP contribution in [0, 0.1) is 17.8 Å². The molecule has 1 aliphatic heterocycles. The van der Waals surface area contributed by atoms with Gasteiger partial charge in [-0.2, -0.15) is 13.2 Å². The Morgan fingerprint density at radius 1 is 1.14 bits per heavy atom. The number of nitrogens with one attached hydrogen (secondary N) is 1. The number of carboxylic acid groups (broad SMARTS) is 1. The molecule has 1 aliphatic carbocycles. The lowest BCUT2D eigenvalue weighted by atomic mass is 9.82. The Morgan fingerprint density at radius 2 is 1.81 bits per heavy atom. The number of benzene rings is 1. The van der Waals surface area contributed by atoms with E-state index in [1.165, 1.54) is 12.1 Å². The fraction of sp³-hybridized carbons (Fsp3) is 0.519. The summed E-state index contributed by atoms with van der Waals surface area (Å²) >= 11 is 0. The van der Waals surface area contributed by atoms with Gasteiger partial charge >= 0.3 is 12.1 Å². The molecule has 0 saturated heterocycles. The molecule has 1 unspecified atom stereocenters. The summed E-state index contributed by atoms with van der Waals surface area (Å²) in [5.74, 6) is -0.718. The normalized spacial score (nSPS) is 22.4. The first kappa shape index (κ1) is 26.1. The van der Waals surface area contributed by atoms with Gasteiger partial charge in [0.1, 0.15) is 0 Å². The smallest absolute Gasteiger partial charge is 0.416 e. The van der Waals surface area contributed by atoms with E-state index < -0.39 is 17.7 Å². The molecule has 1 amide bonds. The van der Waals surface area contributed by atoms with Crippen LogP contribution in [0.5, 0.6) is 0 Å². The Labute approximate surface area is 208 Å². The van der Waals surface area contributed by atoms with Crippen molar-refractivity contribution in [3.8, 4) is 0 Å². The summed E-state index contributed by atoms with van der Waals surface area (Å²) in [5, 5.41) is 12.1. The molecule has 0 spiro atoms. The molecule has 4 rings (SSSR count). The minimum atomic E-state index is -4.36. The quantitative estimate of drug-likeness (QED) is 0.526. The number of hydrogen-bond donors (Lipinski definition) is 2. The first-order valence-corrected chi connectivity index (χ1v) is 12.4. The van der Waals surface area contributed by atoms with Gasteiger partial charge in [-0.3, -0.25) is 19.5 Å². The summed E-state index contributed by atoms with van der Waals surface area (Å²) in [6.07, 6.45) is 0.0841. The van der Waals surface area contributed by atoms with Gasteiger partial charge in [-0.15, -0.1) is 0 Å². The number of carbonyl (C=O) groups excluding carboxylic acids is 1. The first-order valence-electron chi connectivity index (χ1n) is 12.4. The van der Waals surface area contributed by atoms with Crippen molar-refractivity contribution in [2.24, 2.45) is 17.8 Å². The highest BCUT2D eigenvalue weighted by atomic mass is 19.4. The van der Waals surface area contributed by atoms with Crippen LogP contribution in [0.25, 0.3) is 0 Å². The van der Waals surface area contributed by atoms with Gasteiger partial charge < -0.3 is 10.4 Å². The van der Waals surface area contributed by atoms with Crippen LogP contribution in [0.4, 0.5) is 13.2 Å². The van der Waals surface area contributed by atoms with Crippen molar-refractivity contribution < 1.29 is 27.9 Å². The molecule has 2 N–H and O–H groups in total. The molecular weight excluding hydrogens is 471 g/mol. The summed E-state index contributed by atoms with van der Waals surface area (Å²) in [6, 6.07) is 7.11. The zero-order valence-corrected chi connectivity index (χ0v) is 20.5. The Hall–Kier alpha value is -2.94. The lowest BCUT2D eigenvalue weighted by molar-refractivity contribution is -0.143. The fourth-order valence-corrected chi connectivity index (χ4v) is 5.41. The van der Waals surface area contributed by atoms with Crippen LogP contribution in [0.3, 0.4) is 0 Å². The van der Waals surface area contributed by atoms with Crippen molar-refractivity contribution in [1.82, 2.24) is 15.2 Å². The molecular formula is C27H32F3N3O3. The van der Waals surface area contributed by atoms with Gasteiger partial charge in [0.2, 0.25) is 0 Å². The molecule has 36 heavy (non-hydrogen) atoms. The van der Waals surface area contributed by atoms with Crippen LogP contribution >= 0.6 is 0 Å². The molecule has 2 heterocycles. The van der Waals surface area contributed by atoms with Crippen LogP contribution in [-0.2, 0) is 24.1 Å². The van der Waals surface area contributed by atoms with Crippen LogP contribution in [0.2, 0.25) is 0 Å². The van der Waals surface area contributed by atoms with Gasteiger partial charge in [0.05, 0.1) is 28.8 Å². The van der Waals surface area contributed by atoms with E-state index in [2.05, 4.69) is 29.0 Å². The van der Waals surface area contributed by atoms with Crippen LogP contribution in [0.1, 0.15) is 78.3 Å². The van der Waals surface area contributed by atoms with Crippen molar-refractivity contribution in [2.45, 2.75) is 64.8 Å². The highest BCUT2D eigenvalue weighted by Crippen LogP contribution is 2.39. The predicted octanol–water partition coefficient (Wildman–Crippen LogP) is 5.43. The third-order valence-electron chi connectivity index (χ3n) is 7.36. The third-order valence-corrected chi connectivity index (χ3v) is 7.36. The molecule has 1 aromatic carbocycles. The average Bonchev–Trinajstić information content (AvgIpc) is 3.19. The number of carboxylic acids is 1. The van der Waals surface area contributed by atoms with E-state index in [1.807, 2.05) is 6.07 Å². The van der Waals surface area contributed by atoms with Gasteiger partial charge in [0.15, 0.2) is 0 Å². The highest BCUT2D eigenvalue weighted by Gasteiger charge is 2.35. The molecule has 1 aromatic heterocycles. The van der Waals surface area contributed by atoms with Crippen molar-refractivity contribution in [1.29, 1.82) is 0 Å². The van der Waals surface area contributed by atoms with E-state index in [0.29, 0.717) is 38.0 Å². The molecule has 1 fully saturated rings. The molecule has 9 heteroatoms. The standard InChI is InChI=1S/C27H32F3N3O3/c1-16(2)24-23-21(15-33(24)14-18-5-9-22(10-6-18)27(28,29)30)11-20(13-31-23)25(34)32-12-17-3-7-19(8-4-17)26(35)36/h5-6,9-11,13,16-17,19,24H,3-4,7-8,12,14-15H2,1-2H3,(H,32,34)(H,35,36). The Balaban J connectivity index is 1.40. The number of halogens is 3. The number of aromatic nitrogens is 1. The number of alkyl halides is 3. The topological polar surface area (TPSA) is 82.5 Å². The van der Waals surface area contributed by atoms with Crippen LogP contribution in [0.15, 0.2) is 36.5 Å². The summed E-state index contributed by atoms with van der Waals surface area (Å²) in [4.78, 5) is 30.8. The number of amides is 1. The maximum absolute atomic E-state index is 12.9. The summed E-state index contributed by atoms with van der Waals surface area (Å²) < 4.78 is 38.7. The molecule has 0 radical (unpaired) electrons. The maximum Gasteiger partial charge on any atom is 0.416 e. The highest BCUT2D eigenvalue weighted by molar-refractivity contribution is 5.94. The Kier molecular flexibility index (Phi) is 7.68. The van der Waals surface area contributed by atoms with Crippen LogP contribution in [-0.4, -0.2) is 33.4 Å². The van der Waals surface area contributed by atoms with Crippen molar-refractivity contribution in [3.63, 3.8) is 0 Å². The summed E-state index contributed by atoms with van der Waals surface area (Å²) in [5.41, 5.74) is 2.46. The van der Waals surface area contributed by atoms with E-state index in [-0.39, 0.29) is 29.7 Å². The number of nitrogens with zero attached hydrogens (tertiary/aromatic N) is 2. The van der Waals surface area contributed by atoms with Gasteiger partial charge in [-0.1, -0.05) is 26.0 Å². The van der Waals surface area contributed by atoms with E-state index >= 15 is 0 Å². The zero-order chi connectivity index (χ0) is 26.0. The lowest BCUT2D eigenvalue weighted by Gasteiger charge is -2.27. The second kappa shape index (κ2) is 10.6. The SMILES string of the molecule is CC(C)C1c2ncc(C(=O)NCC3CCC(C(=O)O)CC3)cc2CN1Cc1ccc(C(F)(F)F)cc1. The van der Waals surface area contributed by atoms with Gasteiger partial charge in [-0.25, -0.2) is 0 Å². The van der Waals surface area contributed by atoms with Crippen molar-refractivity contribution in [3.05, 3.63) is 64.5 Å². The monoisotopic (exact) mass is 503 g/mol. The second-order valence-electron chi connectivity index (χ2n) is 10.3. The number of fused-ring (bicyclic) bond motifs is 1. The van der Waals surface area contributed by atoms with E-state index in [9.17, 15) is 22.8 Å². The van der Waals surface area contributed by atoms with E-state index in [1.54, 1.807) is 6.20 Å². The van der Waals surface area contributed by atoms with E-state index in [4.69, 9.17) is 5.11 Å². The zero-order valence-electron chi connectivity index (χ0n) is 20.5. The molecule has 2 aromatic rings. The molecule has 194 valence electrons. The fourth-order valence-electron chi connectivity index (χ4n) is 5.41.